The van der Waals surface area contributed by atoms with Crippen LogP contribution < -0.4 is 5.32 Å². The molecule has 66 valence electrons. The summed E-state index contributed by atoms with van der Waals surface area (Å²) in [4.78, 5) is 0. The fraction of sp³-hybridized carbons (Fsp3) is 1.00. The molecule has 0 bridgehead atoms. The van der Waals surface area contributed by atoms with Crippen molar-refractivity contribution in [3.63, 3.8) is 0 Å². The number of nitrogens with one attached hydrogen (secondary N) is 1. The van der Waals surface area contributed by atoms with Crippen LogP contribution in [0.3, 0.4) is 0 Å². The molecular weight excluding hydrogens is 138 g/mol. The van der Waals surface area contributed by atoms with E-state index in [1.54, 1.807) is 7.11 Å². The monoisotopic (exact) mass is 157 g/mol. The highest BCUT2D eigenvalue weighted by atomic mass is 16.5. The second-order valence-corrected chi connectivity index (χ2v) is 3.33. The summed E-state index contributed by atoms with van der Waals surface area (Å²) in [6.07, 6.45) is 5.75. The summed E-state index contributed by atoms with van der Waals surface area (Å²) in [7, 11) is 1.74. The molecule has 0 heterocycles. The normalized spacial score (nSPS) is 18.3. The lowest BCUT2D eigenvalue weighted by Gasteiger charge is -2.25. The van der Waals surface area contributed by atoms with Gasteiger partial charge in [0.2, 0.25) is 0 Å². The van der Waals surface area contributed by atoms with Crippen LogP contribution >= 0.6 is 0 Å². The highest BCUT2D eigenvalue weighted by molar-refractivity contribution is 4.69. The third-order valence-corrected chi connectivity index (χ3v) is 2.44. The van der Waals surface area contributed by atoms with Crippen LogP contribution in [-0.2, 0) is 4.74 Å². The Morgan fingerprint density at radius 1 is 1.36 bits per heavy atom. The van der Waals surface area contributed by atoms with Crippen molar-refractivity contribution < 1.29 is 4.74 Å². The Bertz CT molecular complexity index is 91.6. The molecule has 0 spiro atoms. The van der Waals surface area contributed by atoms with E-state index in [1.165, 1.54) is 32.2 Å². The van der Waals surface area contributed by atoms with Crippen LogP contribution in [0.4, 0.5) is 0 Å². The van der Waals surface area contributed by atoms with Gasteiger partial charge in [-0.05, 0) is 18.9 Å². The van der Waals surface area contributed by atoms with Gasteiger partial charge in [-0.2, -0.15) is 0 Å². The van der Waals surface area contributed by atoms with Crippen molar-refractivity contribution >= 4 is 0 Å². The van der Waals surface area contributed by atoms with Crippen molar-refractivity contribution in [2.24, 2.45) is 5.92 Å². The van der Waals surface area contributed by atoms with Gasteiger partial charge in [-0.1, -0.05) is 19.3 Å². The molecule has 0 atom stereocenters. The summed E-state index contributed by atoms with van der Waals surface area (Å²) < 4.78 is 4.93. The molecule has 1 aliphatic rings. The SMILES string of the molecule is COCCNCCC1CCC1. The molecule has 1 N–H and O–H groups in total. The van der Waals surface area contributed by atoms with Gasteiger partial charge in [-0.15, -0.1) is 0 Å². The summed E-state index contributed by atoms with van der Waals surface area (Å²) in [5.41, 5.74) is 0. The largest absolute Gasteiger partial charge is 0.383 e. The van der Waals surface area contributed by atoms with E-state index in [-0.39, 0.29) is 0 Å². The maximum absolute atomic E-state index is 4.93. The number of ether oxygens (including phenoxy) is 1. The summed E-state index contributed by atoms with van der Waals surface area (Å²) in [6, 6.07) is 0. The van der Waals surface area contributed by atoms with Crippen LogP contribution in [0.5, 0.6) is 0 Å². The Labute approximate surface area is 69.3 Å². The van der Waals surface area contributed by atoms with Crippen molar-refractivity contribution in [3.05, 3.63) is 0 Å². The van der Waals surface area contributed by atoms with Crippen LogP contribution in [0.15, 0.2) is 0 Å². The molecule has 2 nitrogen and oxygen atoms in total. The summed E-state index contributed by atoms with van der Waals surface area (Å²) in [5, 5.41) is 3.36. The molecule has 0 aromatic carbocycles. The zero-order chi connectivity index (χ0) is 7.94. The topological polar surface area (TPSA) is 21.3 Å². The van der Waals surface area contributed by atoms with Gasteiger partial charge in [-0.3, -0.25) is 0 Å². The van der Waals surface area contributed by atoms with E-state index in [9.17, 15) is 0 Å². The fourth-order valence-electron chi connectivity index (χ4n) is 1.39. The smallest absolute Gasteiger partial charge is 0.0587 e. The predicted octanol–water partition coefficient (Wildman–Crippen LogP) is 1.41. The van der Waals surface area contributed by atoms with E-state index in [4.69, 9.17) is 4.74 Å². The first-order valence-electron chi connectivity index (χ1n) is 4.63. The van der Waals surface area contributed by atoms with Gasteiger partial charge >= 0.3 is 0 Å². The van der Waals surface area contributed by atoms with Crippen molar-refractivity contribution in [2.75, 3.05) is 26.8 Å². The van der Waals surface area contributed by atoms with E-state index in [0.717, 1.165) is 19.1 Å². The number of hydrogen-bond donors (Lipinski definition) is 1. The standard InChI is InChI=1S/C9H19NO/c1-11-8-7-10-6-5-9-3-2-4-9/h9-10H,2-8H2,1H3. The fourth-order valence-corrected chi connectivity index (χ4v) is 1.39. The molecule has 1 rings (SSSR count). The summed E-state index contributed by atoms with van der Waals surface area (Å²) in [5.74, 6) is 1.03. The second-order valence-electron chi connectivity index (χ2n) is 3.33. The molecule has 0 unspecified atom stereocenters. The van der Waals surface area contributed by atoms with Crippen molar-refractivity contribution in [3.8, 4) is 0 Å². The Morgan fingerprint density at radius 3 is 2.73 bits per heavy atom. The van der Waals surface area contributed by atoms with E-state index < -0.39 is 0 Å². The first-order chi connectivity index (χ1) is 5.43. The molecule has 0 radical (unpaired) electrons. The lowest BCUT2D eigenvalue weighted by atomic mass is 9.83. The maximum Gasteiger partial charge on any atom is 0.0587 e. The lowest BCUT2D eigenvalue weighted by molar-refractivity contribution is 0.197. The van der Waals surface area contributed by atoms with Gasteiger partial charge in [0, 0.05) is 13.7 Å². The zero-order valence-corrected chi connectivity index (χ0v) is 7.44. The Kier molecular flexibility index (Phi) is 4.55. The Morgan fingerprint density at radius 2 is 2.18 bits per heavy atom. The molecule has 0 saturated heterocycles. The molecule has 0 aliphatic heterocycles. The Balaban J connectivity index is 1.73. The molecule has 0 aromatic heterocycles. The van der Waals surface area contributed by atoms with E-state index in [2.05, 4.69) is 5.32 Å². The third-order valence-electron chi connectivity index (χ3n) is 2.44. The highest BCUT2D eigenvalue weighted by Crippen LogP contribution is 2.28. The number of hydrogen-bond acceptors (Lipinski definition) is 2. The summed E-state index contributed by atoms with van der Waals surface area (Å²) >= 11 is 0. The molecule has 2 heteroatoms. The summed E-state index contributed by atoms with van der Waals surface area (Å²) in [6.45, 7) is 3.02. The van der Waals surface area contributed by atoms with Crippen LogP contribution in [-0.4, -0.2) is 26.8 Å². The Hall–Kier alpha value is -0.0800. The molecule has 11 heavy (non-hydrogen) atoms. The first-order valence-corrected chi connectivity index (χ1v) is 4.63. The molecule has 0 aromatic rings. The van der Waals surface area contributed by atoms with Crippen molar-refractivity contribution in [1.29, 1.82) is 0 Å². The van der Waals surface area contributed by atoms with Crippen molar-refractivity contribution in [1.82, 2.24) is 5.32 Å². The number of rotatable bonds is 6. The molecule has 0 amide bonds. The predicted molar refractivity (Wildman–Crippen MR) is 46.7 cm³/mol. The van der Waals surface area contributed by atoms with E-state index in [1.807, 2.05) is 0 Å². The zero-order valence-electron chi connectivity index (χ0n) is 7.44. The average Bonchev–Trinajstić information content (AvgIpc) is 1.93. The van der Waals surface area contributed by atoms with Crippen LogP contribution in [0, 0.1) is 5.92 Å². The maximum atomic E-state index is 4.93. The van der Waals surface area contributed by atoms with Crippen LogP contribution in [0.1, 0.15) is 25.7 Å². The number of methoxy groups -OCH3 is 1. The molecule has 1 saturated carbocycles. The van der Waals surface area contributed by atoms with Gasteiger partial charge in [0.1, 0.15) is 0 Å². The van der Waals surface area contributed by atoms with Gasteiger partial charge in [0.05, 0.1) is 6.61 Å². The van der Waals surface area contributed by atoms with Crippen LogP contribution in [0.2, 0.25) is 0 Å². The van der Waals surface area contributed by atoms with E-state index in [0.29, 0.717) is 0 Å². The third kappa shape index (κ3) is 3.73. The van der Waals surface area contributed by atoms with Gasteiger partial charge < -0.3 is 10.1 Å². The lowest BCUT2D eigenvalue weighted by Crippen LogP contribution is -2.24. The van der Waals surface area contributed by atoms with Gasteiger partial charge in [-0.25, -0.2) is 0 Å². The molecular formula is C9H19NO. The highest BCUT2D eigenvalue weighted by Gasteiger charge is 2.15. The minimum atomic E-state index is 0.838. The minimum absolute atomic E-state index is 0.838. The average molecular weight is 157 g/mol. The minimum Gasteiger partial charge on any atom is -0.383 e. The van der Waals surface area contributed by atoms with Gasteiger partial charge in [0.25, 0.3) is 0 Å². The second kappa shape index (κ2) is 5.56. The molecule has 1 fully saturated rings. The van der Waals surface area contributed by atoms with Crippen molar-refractivity contribution in [2.45, 2.75) is 25.7 Å². The van der Waals surface area contributed by atoms with Gasteiger partial charge in [0.15, 0.2) is 0 Å². The molecule has 1 aliphatic carbocycles. The quantitative estimate of drug-likeness (QED) is 0.589. The van der Waals surface area contributed by atoms with Crippen LogP contribution in [0.25, 0.3) is 0 Å². The first kappa shape index (κ1) is 9.01. The van der Waals surface area contributed by atoms with E-state index >= 15 is 0 Å².